The SMILES string of the molecule is CCC(CC)C(O)C(=O)CC1CCCC(F)(F)C1. The lowest BCUT2D eigenvalue weighted by Gasteiger charge is -2.29. The number of ketones is 1. The highest BCUT2D eigenvalue weighted by molar-refractivity contribution is 5.83. The van der Waals surface area contributed by atoms with Crippen LogP contribution in [0.15, 0.2) is 0 Å². The van der Waals surface area contributed by atoms with Crippen molar-refractivity contribution in [2.24, 2.45) is 11.8 Å². The summed E-state index contributed by atoms with van der Waals surface area (Å²) in [5.74, 6) is -3.18. The van der Waals surface area contributed by atoms with Crippen LogP contribution in [-0.2, 0) is 4.79 Å². The van der Waals surface area contributed by atoms with Gasteiger partial charge in [-0.15, -0.1) is 0 Å². The second kappa shape index (κ2) is 6.60. The van der Waals surface area contributed by atoms with Crippen LogP contribution in [0.25, 0.3) is 0 Å². The van der Waals surface area contributed by atoms with Gasteiger partial charge in [-0.05, 0) is 24.7 Å². The minimum absolute atomic E-state index is 0.0402. The van der Waals surface area contributed by atoms with Gasteiger partial charge in [0.15, 0.2) is 5.78 Å². The summed E-state index contributed by atoms with van der Waals surface area (Å²) >= 11 is 0. The maximum Gasteiger partial charge on any atom is 0.248 e. The Bertz CT molecular complexity index is 275. The van der Waals surface area contributed by atoms with Gasteiger partial charge in [0.05, 0.1) is 0 Å². The van der Waals surface area contributed by atoms with E-state index >= 15 is 0 Å². The van der Waals surface area contributed by atoms with Crippen molar-refractivity contribution in [1.29, 1.82) is 0 Å². The molecular weight excluding hydrogens is 238 g/mol. The number of rotatable bonds is 6. The van der Waals surface area contributed by atoms with Crippen LogP contribution in [0, 0.1) is 11.8 Å². The molecule has 1 aliphatic rings. The molecule has 1 fully saturated rings. The van der Waals surface area contributed by atoms with Crippen LogP contribution in [0.2, 0.25) is 0 Å². The Labute approximate surface area is 108 Å². The third-order valence-corrected chi connectivity index (χ3v) is 4.06. The topological polar surface area (TPSA) is 37.3 Å². The first-order valence-corrected chi connectivity index (χ1v) is 6.98. The fraction of sp³-hybridized carbons (Fsp3) is 0.929. The average molecular weight is 262 g/mol. The maximum atomic E-state index is 13.2. The van der Waals surface area contributed by atoms with Crippen molar-refractivity contribution < 1.29 is 18.7 Å². The fourth-order valence-electron chi connectivity index (χ4n) is 2.85. The molecule has 0 heterocycles. The van der Waals surface area contributed by atoms with Gasteiger partial charge >= 0.3 is 0 Å². The van der Waals surface area contributed by atoms with Crippen LogP contribution in [0.3, 0.4) is 0 Å². The molecule has 1 saturated carbocycles. The lowest BCUT2D eigenvalue weighted by atomic mass is 9.81. The summed E-state index contributed by atoms with van der Waals surface area (Å²) < 4.78 is 26.4. The molecule has 2 nitrogen and oxygen atoms in total. The summed E-state index contributed by atoms with van der Waals surface area (Å²) in [5, 5.41) is 9.90. The first kappa shape index (κ1) is 15.5. The molecule has 18 heavy (non-hydrogen) atoms. The first-order valence-electron chi connectivity index (χ1n) is 6.98. The van der Waals surface area contributed by atoms with Gasteiger partial charge in [-0.1, -0.05) is 26.7 Å². The number of hydrogen-bond acceptors (Lipinski definition) is 2. The summed E-state index contributed by atoms with van der Waals surface area (Å²) in [5.41, 5.74) is 0. The number of Topliss-reactive ketones (excluding diaryl/α,β-unsaturated/α-hetero) is 1. The predicted molar refractivity (Wildman–Crippen MR) is 66.6 cm³/mol. The van der Waals surface area contributed by atoms with E-state index in [1.165, 1.54) is 0 Å². The van der Waals surface area contributed by atoms with Gasteiger partial charge in [0.25, 0.3) is 0 Å². The number of carbonyl (C=O) groups excluding carboxylic acids is 1. The van der Waals surface area contributed by atoms with Gasteiger partial charge in [-0.3, -0.25) is 4.79 Å². The van der Waals surface area contributed by atoms with Gasteiger partial charge in [-0.2, -0.15) is 0 Å². The predicted octanol–water partition coefficient (Wildman–Crippen LogP) is 3.57. The van der Waals surface area contributed by atoms with E-state index in [-0.39, 0.29) is 36.9 Å². The molecule has 1 N–H and O–H groups in total. The van der Waals surface area contributed by atoms with E-state index in [9.17, 15) is 18.7 Å². The summed E-state index contributed by atoms with van der Waals surface area (Å²) in [6.07, 6.45) is 1.50. The minimum Gasteiger partial charge on any atom is -0.385 e. The van der Waals surface area contributed by atoms with E-state index in [1.54, 1.807) is 0 Å². The highest BCUT2D eigenvalue weighted by Gasteiger charge is 2.37. The molecule has 0 spiro atoms. The highest BCUT2D eigenvalue weighted by Crippen LogP contribution is 2.38. The Morgan fingerprint density at radius 3 is 2.50 bits per heavy atom. The molecule has 0 amide bonds. The molecule has 106 valence electrons. The van der Waals surface area contributed by atoms with Crippen LogP contribution in [-0.4, -0.2) is 22.9 Å². The fourth-order valence-corrected chi connectivity index (χ4v) is 2.85. The van der Waals surface area contributed by atoms with Crippen molar-refractivity contribution in [2.75, 3.05) is 0 Å². The van der Waals surface area contributed by atoms with Crippen molar-refractivity contribution in [3.8, 4) is 0 Å². The van der Waals surface area contributed by atoms with E-state index in [1.807, 2.05) is 13.8 Å². The summed E-state index contributed by atoms with van der Waals surface area (Å²) in [6, 6.07) is 0. The summed E-state index contributed by atoms with van der Waals surface area (Å²) in [4.78, 5) is 11.9. The Hall–Kier alpha value is -0.510. The molecule has 0 radical (unpaired) electrons. The Kier molecular flexibility index (Phi) is 5.70. The molecule has 0 saturated heterocycles. The second-order valence-electron chi connectivity index (χ2n) is 5.51. The number of aliphatic hydroxyl groups excluding tert-OH is 1. The van der Waals surface area contributed by atoms with Gasteiger partial charge in [0.1, 0.15) is 6.10 Å². The quantitative estimate of drug-likeness (QED) is 0.794. The smallest absolute Gasteiger partial charge is 0.248 e. The molecular formula is C14H24F2O2. The number of aliphatic hydroxyl groups is 1. The first-order chi connectivity index (χ1) is 8.39. The third-order valence-electron chi connectivity index (χ3n) is 4.06. The molecule has 0 aliphatic heterocycles. The zero-order valence-corrected chi connectivity index (χ0v) is 11.3. The lowest BCUT2D eigenvalue weighted by Crippen LogP contribution is -2.33. The molecule has 4 heteroatoms. The van der Waals surface area contributed by atoms with E-state index in [2.05, 4.69) is 0 Å². The van der Waals surface area contributed by atoms with Crippen molar-refractivity contribution in [1.82, 2.24) is 0 Å². The van der Waals surface area contributed by atoms with Gasteiger partial charge in [0, 0.05) is 19.3 Å². The normalized spacial score (nSPS) is 25.1. The molecule has 1 aliphatic carbocycles. The Balaban J connectivity index is 2.49. The molecule has 0 aromatic heterocycles. The minimum atomic E-state index is -2.62. The van der Waals surface area contributed by atoms with Crippen LogP contribution >= 0.6 is 0 Å². The van der Waals surface area contributed by atoms with E-state index < -0.39 is 12.0 Å². The van der Waals surface area contributed by atoms with E-state index in [0.717, 1.165) is 12.8 Å². The van der Waals surface area contributed by atoms with E-state index in [4.69, 9.17) is 0 Å². The standard InChI is InChI=1S/C14H24F2O2/c1-3-11(4-2)13(18)12(17)8-10-6-5-7-14(15,16)9-10/h10-11,13,18H,3-9H2,1-2H3. The number of alkyl halides is 2. The number of halogens is 2. The molecule has 1 rings (SSSR count). The van der Waals surface area contributed by atoms with Crippen molar-refractivity contribution in [3.63, 3.8) is 0 Å². The average Bonchev–Trinajstić information content (AvgIpc) is 2.29. The van der Waals surface area contributed by atoms with Crippen LogP contribution in [0.4, 0.5) is 8.78 Å². The Morgan fingerprint density at radius 1 is 1.39 bits per heavy atom. The number of hydrogen-bond donors (Lipinski definition) is 1. The highest BCUT2D eigenvalue weighted by atomic mass is 19.3. The summed E-state index contributed by atoms with van der Waals surface area (Å²) in [7, 11) is 0. The molecule has 0 bridgehead atoms. The van der Waals surface area contributed by atoms with Crippen molar-refractivity contribution >= 4 is 5.78 Å². The molecule has 0 aromatic rings. The Morgan fingerprint density at radius 2 is 2.00 bits per heavy atom. The van der Waals surface area contributed by atoms with Gasteiger partial charge in [-0.25, -0.2) is 8.78 Å². The van der Waals surface area contributed by atoms with E-state index in [0.29, 0.717) is 12.8 Å². The second-order valence-corrected chi connectivity index (χ2v) is 5.51. The third kappa shape index (κ3) is 4.30. The summed E-state index contributed by atoms with van der Waals surface area (Å²) in [6.45, 7) is 3.86. The van der Waals surface area contributed by atoms with Gasteiger partial charge in [0.2, 0.25) is 5.92 Å². The molecule has 2 unspecified atom stereocenters. The lowest BCUT2D eigenvalue weighted by molar-refractivity contribution is -0.132. The van der Waals surface area contributed by atoms with Crippen LogP contribution < -0.4 is 0 Å². The monoisotopic (exact) mass is 262 g/mol. The number of carbonyl (C=O) groups is 1. The van der Waals surface area contributed by atoms with Crippen molar-refractivity contribution in [3.05, 3.63) is 0 Å². The molecule has 2 atom stereocenters. The van der Waals surface area contributed by atoms with Gasteiger partial charge < -0.3 is 5.11 Å². The largest absolute Gasteiger partial charge is 0.385 e. The zero-order valence-electron chi connectivity index (χ0n) is 11.3. The zero-order chi connectivity index (χ0) is 13.8. The maximum absolute atomic E-state index is 13.2. The molecule has 0 aromatic carbocycles. The van der Waals surface area contributed by atoms with Crippen molar-refractivity contribution in [2.45, 2.75) is 70.8 Å². The van der Waals surface area contributed by atoms with Crippen LogP contribution in [0.5, 0.6) is 0 Å². The van der Waals surface area contributed by atoms with Crippen LogP contribution in [0.1, 0.15) is 58.8 Å².